The number of nitrogens with zero attached hydrogens (tertiary/aromatic N) is 1. The van der Waals surface area contributed by atoms with Crippen molar-refractivity contribution in [3.05, 3.63) is 53.9 Å². The molecule has 0 saturated carbocycles. The van der Waals surface area contributed by atoms with Gasteiger partial charge < -0.3 is 10.4 Å². The van der Waals surface area contributed by atoms with Crippen LogP contribution in [0.4, 0.5) is 5.69 Å². The van der Waals surface area contributed by atoms with E-state index in [-0.39, 0.29) is 5.75 Å². The first-order valence-electron chi connectivity index (χ1n) is 5.18. The number of aromatic hydroxyl groups is 1. The first-order valence-corrected chi connectivity index (χ1v) is 5.18. The van der Waals surface area contributed by atoms with Crippen LogP contribution >= 0.6 is 0 Å². The minimum atomic E-state index is 0.194. The Hall–Kier alpha value is -2.03. The van der Waals surface area contributed by atoms with Crippen LogP contribution in [0.15, 0.2) is 42.6 Å². The number of benzene rings is 1. The summed E-state index contributed by atoms with van der Waals surface area (Å²) in [6.45, 7) is 2.72. The lowest BCUT2D eigenvalue weighted by Crippen LogP contribution is -2.00. The smallest absolute Gasteiger partial charge is 0.133 e. The summed E-state index contributed by atoms with van der Waals surface area (Å²) in [5.74, 6) is 0.194. The predicted molar refractivity (Wildman–Crippen MR) is 64.4 cm³/mol. The minimum Gasteiger partial charge on any atom is -0.506 e. The summed E-state index contributed by atoms with van der Waals surface area (Å²) in [4.78, 5) is 4.10. The number of aromatic nitrogens is 1. The molecule has 2 aromatic rings. The van der Waals surface area contributed by atoms with Gasteiger partial charge in [0.25, 0.3) is 0 Å². The molecule has 0 fully saturated rings. The fraction of sp³-hybridized carbons (Fsp3) is 0.154. The van der Waals surface area contributed by atoms with Crippen molar-refractivity contribution >= 4 is 5.69 Å². The molecular formula is C13H14N2O. The summed E-state index contributed by atoms with van der Waals surface area (Å²) in [6.07, 6.45) is 1.45. The Kier molecular flexibility index (Phi) is 3.05. The van der Waals surface area contributed by atoms with E-state index in [1.807, 2.05) is 12.1 Å². The van der Waals surface area contributed by atoms with Crippen molar-refractivity contribution in [3.8, 4) is 5.75 Å². The first-order chi connectivity index (χ1) is 7.74. The number of anilines is 1. The predicted octanol–water partition coefficient (Wildman–Crippen LogP) is 2.71. The normalized spacial score (nSPS) is 10.1. The van der Waals surface area contributed by atoms with Gasteiger partial charge in [-0.25, -0.2) is 0 Å². The monoisotopic (exact) mass is 214 g/mol. The van der Waals surface area contributed by atoms with E-state index in [2.05, 4.69) is 29.4 Å². The molecule has 82 valence electrons. The number of hydrogen-bond donors (Lipinski definition) is 2. The Bertz CT molecular complexity index is 403. The Morgan fingerprint density at radius 1 is 1.12 bits per heavy atom. The first kappa shape index (κ1) is 10.5. The second-order valence-corrected chi connectivity index (χ2v) is 3.73. The summed E-state index contributed by atoms with van der Waals surface area (Å²) in [5.41, 5.74) is 3.21. The van der Waals surface area contributed by atoms with E-state index in [0.717, 1.165) is 11.4 Å². The quantitative estimate of drug-likeness (QED) is 0.825. The van der Waals surface area contributed by atoms with Gasteiger partial charge in [-0.05, 0) is 31.2 Å². The second kappa shape index (κ2) is 4.66. The number of rotatable bonds is 3. The third kappa shape index (κ3) is 2.73. The fourth-order valence-electron chi connectivity index (χ4n) is 1.39. The van der Waals surface area contributed by atoms with Gasteiger partial charge in [0.1, 0.15) is 5.75 Å². The Morgan fingerprint density at radius 2 is 1.88 bits per heavy atom. The van der Waals surface area contributed by atoms with Crippen molar-refractivity contribution in [2.45, 2.75) is 13.5 Å². The zero-order valence-electron chi connectivity index (χ0n) is 9.14. The Balaban J connectivity index is 1.97. The molecule has 0 radical (unpaired) electrons. The lowest BCUT2D eigenvalue weighted by Gasteiger charge is -2.06. The van der Waals surface area contributed by atoms with Crippen LogP contribution in [0.5, 0.6) is 5.75 Å². The molecule has 1 aromatic heterocycles. The van der Waals surface area contributed by atoms with Crippen LogP contribution < -0.4 is 5.32 Å². The van der Waals surface area contributed by atoms with E-state index in [1.54, 1.807) is 12.1 Å². The zero-order chi connectivity index (χ0) is 11.4. The SMILES string of the molecule is Cc1ccc(NCc2ccc(O)cn2)cc1. The highest BCUT2D eigenvalue weighted by molar-refractivity contribution is 5.44. The van der Waals surface area contributed by atoms with E-state index in [1.165, 1.54) is 11.8 Å². The molecule has 3 heteroatoms. The number of hydrogen-bond acceptors (Lipinski definition) is 3. The molecule has 0 aliphatic rings. The fourth-order valence-corrected chi connectivity index (χ4v) is 1.39. The molecule has 0 amide bonds. The molecule has 16 heavy (non-hydrogen) atoms. The standard InChI is InChI=1S/C13H14N2O/c1-10-2-4-11(5-3-10)14-8-12-6-7-13(16)9-15-12/h2-7,9,14,16H,8H2,1H3. The van der Waals surface area contributed by atoms with Gasteiger partial charge in [0.2, 0.25) is 0 Å². The highest BCUT2D eigenvalue weighted by Gasteiger charge is 1.95. The van der Waals surface area contributed by atoms with Crippen molar-refractivity contribution < 1.29 is 5.11 Å². The van der Waals surface area contributed by atoms with Gasteiger partial charge >= 0.3 is 0 Å². The summed E-state index contributed by atoms with van der Waals surface area (Å²) < 4.78 is 0. The molecule has 1 aromatic carbocycles. The van der Waals surface area contributed by atoms with Crippen LogP contribution in [0.25, 0.3) is 0 Å². The third-order valence-electron chi connectivity index (χ3n) is 2.33. The van der Waals surface area contributed by atoms with Gasteiger partial charge in [0, 0.05) is 5.69 Å². The van der Waals surface area contributed by atoms with Gasteiger partial charge in [-0.2, -0.15) is 0 Å². The second-order valence-electron chi connectivity index (χ2n) is 3.73. The largest absolute Gasteiger partial charge is 0.506 e. The topological polar surface area (TPSA) is 45.1 Å². The van der Waals surface area contributed by atoms with Crippen LogP contribution in [0.3, 0.4) is 0 Å². The van der Waals surface area contributed by atoms with E-state index >= 15 is 0 Å². The highest BCUT2D eigenvalue weighted by atomic mass is 16.3. The molecule has 0 spiro atoms. The van der Waals surface area contributed by atoms with Crippen molar-refractivity contribution in [1.82, 2.24) is 4.98 Å². The van der Waals surface area contributed by atoms with Crippen molar-refractivity contribution in [2.75, 3.05) is 5.32 Å². The van der Waals surface area contributed by atoms with Gasteiger partial charge in [-0.1, -0.05) is 17.7 Å². The summed E-state index contributed by atoms with van der Waals surface area (Å²) >= 11 is 0. The molecule has 0 atom stereocenters. The average molecular weight is 214 g/mol. The number of nitrogens with one attached hydrogen (secondary N) is 1. The van der Waals surface area contributed by atoms with E-state index in [0.29, 0.717) is 6.54 Å². The molecule has 3 nitrogen and oxygen atoms in total. The van der Waals surface area contributed by atoms with Gasteiger partial charge in [0.15, 0.2) is 0 Å². The van der Waals surface area contributed by atoms with Gasteiger partial charge in [-0.3, -0.25) is 4.98 Å². The van der Waals surface area contributed by atoms with Crippen LogP contribution in [0.1, 0.15) is 11.3 Å². The zero-order valence-corrected chi connectivity index (χ0v) is 9.14. The maximum atomic E-state index is 9.09. The average Bonchev–Trinajstić information content (AvgIpc) is 2.30. The van der Waals surface area contributed by atoms with Crippen molar-refractivity contribution in [3.63, 3.8) is 0 Å². The van der Waals surface area contributed by atoms with Gasteiger partial charge in [0.05, 0.1) is 18.4 Å². The molecule has 0 aliphatic heterocycles. The molecule has 1 heterocycles. The lowest BCUT2D eigenvalue weighted by molar-refractivity contribution is 0.472. The summed E-state index contributed by atoms with van der Waals surface area (Å²) in [7, 11) is 0. The molecule has 2 N–H and O–H groups in total. The molecular weight excluding hydrogens is 200 g/mol. The van der Waals surface area contributed by atoms with Crippen LogP contribution in [0, 0.1) is 6.92 Å². The van der Waals surface area contributed by atoms with Gasteiger partial charge in [-0.15, -0.1) is 0 Å². The van der Waals surface area contributed by atoms with Crippen LogP contribution in [-0.2, 0) is 6.54 Å². The lowest BCUT2D eigenvalue weighted by atomic mass is 10.2. The summed E-state index contributed by atoms with van der Waals surface area (Å²) in [6, 6.07) is 11.6. The number of aryl methyl sites for hydroxylation is 1. The van der Waals surface area contributed by atoms with E-state index in [4.69, 9.17) is 5.11 Å². The van der Waals surface area contributed by atoms with Crippen LogP contribution in [-0.4, -0.2) is 10.1 Å². The Morgan fingerprint density at radius 3 is 2.50 bits per heavy atom. The highest BCUT2D eigenvalue weighted by Crippen LogP contribution is 2.11. The molecule has 0 aliphatic carbocycles. The number of pyridine rings is 1. The van der Waals surface area contributed by atoms with Crippen LogP contribution in [0.2, 0.25) is 0 Å². The van der Waals surface area contributed by atoms with E-state index < -0.39 is 0 Å². The summed E-state index contributed by atoms with van der Waals surface area (Å²) in [5, 5.41) is 12.4. The molecule has 0 unspecified atom stereocenters. The molecule has 0 saturated heterocycles. The minimum absolute atomic E-state index is 0.194. The van der Waals surface area contributed by atoms with Crippen molar-refractivity contribution in [1.29, 1.82) is 0 Å². The maximum absolute atomic E-state index is 9.09. The van der Waals surface area contributed by atoms with E-state index in [9.17, 15) is 0 Å². The third-order valence-corrected chi connectivity index (χ3v) is 2.33. The Labute approximate surface area is 94.8 Å². The van der Waals surface area contributed by atoms with Crippen molar-refractivity contribution in [2.24, 2.45) is 0 Å². The maximum Gasteiger partial charge on any atom is 0.133 e. The molecule has 2 rings (SSSR count). The molecule has 0 bridgehead atoms.